The molecule has 0 aromatic heterocycles. The summed E-state index contributed by atoms with van der Waals surface area (Å²) in [6, 6.07) is 14.4. The van der Waals surface area contributed by atoms with Crippen LogP contribution in [0.1, 0.15) is 27.9 Å². The Morgan fingerprint density at radius 3 is 2.70 bits per heavy atom. The van der Waals surface area contributed by atoms with Crippen molar-refractivity contribution in [3.8, 4) is 0 Å². The van der Waals surface area contributed by atoms with E-state index in [9.17, 15) is 4.79 Å². The van der Waals surface area contributed by atoms with E-state index in [4.69, 9.17) is 0 Å². The van der Waals surface area contributed by atoms with Crippen molar-refractivity contribution in [2.24, 2.45) is 0 Å². The monoisotopic (exact) mass is 329 g/mol. The predicted molar refractivity (Wildman–Crippen MR) is 85.3 cm³/mol. The van der Waals surface area contributed by atoms with Crippen LogP contribution in [0.3, 0.4) is 0 Å². The molecule has 3 heteroatoms. The molecule has 1 aliphatic heterocycles. The first-order chi connectivity index (χ1) is 9.78. The highest BCUT2D eigenvalue weighted by Gasteiger charge is 2.17. The minimum atomic E-state index is 0.757. The zero-order chi connectivity index (χ0) is 13.9. The molecule has 0 saturated heterocycles. The Hall–Kier alpha value is -1.61. The number of anilines is 1. The summed E-state index contributed by atoms with van der Waals surface area (Å²) in [6.45, 7) is 1.85. The summed E-state index contributed by atoms with van der Waals surface area (Å²) in [5.74, 6) is 0. The van der Waals surface area contributed by atoms with E-state index in [1.54, 1.807) is 0 Å². The van der Waals surface area contributed by atoms with Crippen molar-refractivity contribution < 1.29 is 4.79 Å². The number of nitrogens with zero attached hydrogens (tertiary/aromatic N) is 1. The van der Waals surface area contributed by atoms with Gasteiger partial charge < -0.3 is 4.90 Å². The standard InChI is InChI=1S/C17H16BrNO/c18-16-8-7-15(12-20)17(10-16)19-9-3-6-13-4-1-2-5-14(13)11-19/h1-2,4-5,7-8,10,12H,3,6,9,11H2. The molecule has 1 aliphatic rings. The molecule has 102 valence electrons. The van der Waals surface area contributed by atoms with E-state index >= 15 is 0 Å². The Kier molecular flexibility index (Phi) is 3.88. The largest absolute Gasteiger partial charge is 0.367 e. The van der Waals surface area contributed by atoms with Crippen LogP contribution in [0.15, 0.2) is 46.9 Å². The molecular formula is C17H16BrNO. The van der Waals surface area contributed by atoms with Crippen LogP contribution in [0.4, 0.5) is 5.69 Å². The number of halogens is 1. The molecule has 20 heavy (non-hydrogen) atoms. The fraction of sp³-hybridized carbons (Fsp3) is 0.235. The molecule has 0 aliphatic carbocycles. The molecule has 0 unspecified atom stereocenters. The molecule has 3 rings (SSSR count). The Bertz CT molecular complexity index is 639. The summed E-state index contributed by atoms with van der Waals surface area (Å²) >= 11 is 3.50. The van der Waals surface area contributed by atoms with E-state index in [0.717, 1.165) is 47.9 Å². The highest BCUT2D eigenvalue weighted by atomic mass is 79.9. The maximum atomic E-state index is 11.3. The molecule has 2 aromatic rings. The maximum absolute atomic E-state index is 11.3. The summed E-state index contributed by atoms with van der Waals surface area (Å²) in [6.07, 6.45) is 3.16. The lowest BCUT2D eigenvalue weighted by atomic mass is 10.0. The number of benzene rings is 2. The minimum absolute atomic E-state index is 0.757. The van der Waals surface area contributed by atoms with Crippen LogP contribution in [0.2, 0.25) is 0 Å². The van der Waals surface area contributed by atoms with Gasteiger partial charge in [-0.15, -0.1) is 0 Å². The molecule has 0 saturated carbocycles. The van der Waals surface area contributed by atoms with Gasteiger partial charge in [-0.2, -0.15) is 0 Å². The van der Waals surface area contributed by atoms with E-state index in [1.165, 1.54) is 11.1 Å². The van der Waals surface area contributed by atoms with Gasteiger partial charge in [0.25, 0.3) is 0 Å². The topological polar surface area (TPSA) is 20.3 Å². The van der Waals surface area contributed by atoms with Gasteiger partial charge in [0.15, 0.2) is 6.29 Å². The zero-order valence-corrected chi connectivity index (χ0v) is 12.8. The number of hydrogen-bond donors (Lipinski definition) is 0. The highest BCUT2D eigenvalue weighted by Crippen LogP contribution is 2.28. The Morgan fingerprint density at radius 1 is 1.10 bits per heavy atom. The fourth-order valence-electron chi connectivity index (χ4n) is 2.80. The number of carbonyl (C=O) groups excluding carboxylic acids is 1. The first-order valence-electron chi connectivity index (χ1n) is 6.84. The summed E-state index contributed by atoms with van der Waals surface area (Å²) in [5, 5.41) is 0. The second kappa shape index (κ2) is 5.80. The predicted octanol–water partition coefficient (Wildman–Crippen LogP) is 4.21. The van der Waals surface area contributed by atoms with Crippen molar-refractivity contribution in [3.05, 3.63) is 63.6 Å². The SMILES string of the molecule is O=Cc1ccc(Br)cc1N1CCCc2ccccc2C1. The highest BCUT2D eigenvalue weighted by molar-refractivity contribution is 9.10. The van der Waals surface area contributed by atoms with E-state index in [1.807, 2.05) is 18.2 Å². The lowest BCUT2D eigenvalue weighted by Gasteiger charge is -2.25. The molecule has 0 atom stereocenters. The van der Waals surface area contributed by atoms with E-state index < -0.39 is 0 Å². The first kappa shape index (κ1) is 13.4. The summed E-state index contributed by atoms with van der Waals surface area (Å²) < 4.78 is 1.01. The second-order valence-electron chi connectivity index (χ2n) is 5.11. The number of carbonyl (C=O) groups is 1. The number of aldehydes is 1. The van der Waals surface area contributed by atoms with Crippen molar-refractivity contribution in [1.29, 1.82) is 0 Å². The van der Waals surface area contributed by atoms with Gasteiger partial charge in [0.1, 0.15) is 0 Å². The molecule has 0 amide bonds. The summed E-state index contributed by atoms with van der Waals surface area (Å²) in [5.41, 5.74) is 4.57. The van der Waals surface area contributed by atoms with Crippen molar-refractivity contribution in [2.75, 3.05) is 11.4 Å². The molecule has 0 radical (unpaired) electrons. The lowest BCUT2D eigenvalue weighted by Crippen LogP contribution is -2.23. The third kappa shape index (κ3) is 2.63. The van der Waals surface area contributed by atoms with Gasteiger partial charge in [0.05, 0.1) is 0 Å². The van der Waals surface area contributed by atoms with Gasteiger partial charge in [0.2, 0.25) is 0 Å². The third-order valence-electron chi connectivity index (χ3n) is 3.81. The molecule has 0 N–H and O–H groups in total. The zero-order valence-electron chi connectivity index (χ0n) is 11.2. The molecule has 1 heterocycles. The van der Waals surface area contributed by atoms with Crippen LogP contribution in [-0.4, -0.2) is 12.8 Å². The fourth-order valence-corrected chi connectivity index (χ4v) is 3.15. The second-order valence-corrected chi connectivity index (χ2v) is 6.03. The van der Waals surface area contributed by atoms with Crippen molar-refractivity contribution in [3.63, 3.8) is 0 Å². The third-order valence-corrected chi connectivity index (χ3v) is 4.31. The molecule has 0 spiro atoms. The van der Waals surface area contributed by atoms with Crippen LogP contribution < -0.4 is 4.90 Å². The normalized spacial score (nSPS) is 14.6. The first-order valence-corrected chi connectivity index (χ1v) is 7.63. The smallest absolute Gasteiger partial charge is 0.152 e. The molecule has 2 aromatic carbocycles. The minimum Gasteiger partial charge on any atom is -0.367 e. The van der Waals surface area contributed by atoms with Crippen LogP contribution in [0.5, 0.6) is 0 Å². The molecule has 2 nitrogen and oxygen atoms in total. The summed E-state index contributed by atoms with van der Waals surface area (Å²) in [4.78, 5) is 13.6. The molecule has 0 fully saturated rings. The quantitative estimate of drug-likeness (QED) is 0.769. The van der Waals surface area contributed by atoms with Crippen LogP contribution in [0, 0.1) is 0 Å². The van der Waals surface area contributed by atoms with E-state index in [-0.39, 0.29) is 0 Å². The number of rotatable bonds is 2. The van der Waals surface area contributed by atoms with Crippen LogP contribution in [0.25, 0.3) is 0 Å². The van der Waals surface area contributed by atoms with E-state index in [0.29, 0.717) is 0 Å². The van der Waals surface area contributed by atoms with Crippen molar-refractivity contribution in [2.45, 2.75) is 19.4 Å². The lowest BCUT2D eigenvalue weighted by molar-refractivity contribution is 0.112. The van der Waals surface area contributed by atoms with E-state index in [2.05, 4.69) is 45.1 Å². The van der Waals surface area contributed by atoms with Gasteiger partial charge in [-0.25, -0.2) is 0 Å². The average Bonchev–Trinajstić information content (AvgIpc) is 2.69. The van der Waals surface area contributed by atoms with Crippen LogP contribution >= 0.6 is 15.9 Å². The summed E-state index contributed by atoms with van der Waals surface area (Å²) in [7, 11) is 0. The molecular weight excluding hydrogens is 314 g/mol. The van der Waals surface area contributed by atoms with Crippen molar-refractivity contribution in [1.82, 2.24) is 0 Å². The Labute approximate surface area is 127 Å². The van der Waals surface area contributed by atoms with Gasteiger partial charge in [-0.3, -0.25) is 4.79 Å². The number of fused-ring (bicyclic) bond motifs is 1. The Morgan fingerprint density at radius 2 is 1.90 bits per heavy atom. The van der Waals surface area contributed by atoms with Gasteiger partial charge in [-0.1, -0.05) is 40.2 Å². The van der Waals surface area contributed by atoms with Gasteiger partial charge >= 0.3 is 0 Å². The number of hydrogen-bond acceptors (Lipinski definition) is 2. The maximum Gasteiger partial charge on any atom is 0.152 e. The van der Waals surface area contributed by atoms with Crippen molar-refractivity contribution >= 4 is 27.9 Å². The van der Waals surface area contributed by atoms with Gasteiger partial charge in [0, 0.05) is 28.8 Å². The Balaban J connectivity index is 1.99. The van der Waals surface area contributed by atoms with Gasteiger partial charge in [-0.05, 0) is 42.2 Å². The molecule has 0 bridgehead atoms. The average molecular weight is 330 g/mol. The van der Waals surface area contributed by atoms with Crippen LogP contribution in [-0.2, 0) is 13.0 Å². The number of aryl methyl sites for hydroxylation is 1.